The standard InChI is InChI=1S/C9H14N2O2/c1-2-13-9-4-3-8(7-11-9)10-5-6-12/h3-4,7,10,12H,2,5-6H2,1H3. The summed E-state index contributed by atoms with van der Waals surface area (Å²) in [6, 6.07) is 3.66. The minimum Gasteiger partial charge on any atom is -0.478 e. The van der Waals surface area contributed by atoms with Gasteiger partial charge in [0.05, 0.1) is 25.1 Å². The van der Waals surface area contributed by atoms with Crippen LogP contribution in [0.4, 0.5) is 5.69 Å². The molecule has 0 saturated carbocycles. The Morgan fingerprint density at radius 1 is 1.54 bits per heavy atom. The highest BCUT2D eigenvalue weighted by Gasteiger charge is 1.94. The van der Waals surface area contributed by atoms with Crippen LogP contribution in [0.5, 0.6) is 5.88 Å². The predicted molar refractivity (Wildman–Crippen MR) is 51.0 cm³/mol. The lowest BCUT2D eigenvalue weighted by molar-refractivity contribution is 0.311. The average Bonchev–Trinajstić information content (AvgIpc) is 2.17. The van der Waals surface area contributed by atoms with Gasteiger partial charge in [-0.15, -0.1) is 0 Å². The molecule has 1 aromatic rings. The molecule has 0 fully saturated rings. The summed E-state index contributed by atoms with van der Waals surface area (Å²) in [5.74, 6) is 0.622. The van der Waals surface area contributed by atoms with Crippen LogP contribution >= 0.6 is 0 Å². The number of aliphatic hydroxyl groups is 1. The highest BCUT2D eigenvalue weighted by Crippen LogP contribution is 2.10. The van der Waals surface area contributed by atoms with Gasteiger partial charge in [-0.1, -0.05) is 0 Å². The van der Waals surface area contributed by atoms with Crippen molar-refractivity contribution in [3.05, 3.63) is 18.3 Å². The minimum atomic E-state index is 0.118. The number of nitrogens with zero attached hydrogens (tertiary/aromatic N) is 1. The Labute approximate surface area is 77.6 Å². The first-order valence-electron chi connectivity index (χ1n) is 4.30. The van der Waals surface area contributed by atoms with Gasteiger partial charge in [-0.3, -0.25) is 0 Å². The molecule has 0 aliphatic rings. The van der Waals surface area contributed by atoms with E-state index in [4.69, 9.17) is 9.84 Å². The van der Waals surface area contributed by atoms with E-state index in [0.29, 0.717) is 19.0 Å². The molecule has 4 nitrogen and oxygen atoms in total. The van der Waals surface area contributed by atoms with E-state index in [-0.39, 0.29) is 6.61 Å². The van der Waals surface area contributed by atoms with Crippen LogP contribution < -0.4 is 10.1 Å². The zero-order valence-electron chi connectivity index (χ0n) is 7.66. The fraction of sp³-hybridized carbons (Fsp3) is 0.444. The molecular weight excluding hydrogens is 168 g/mol. The van der Waals surface area contributed by atoms with Gasteiger partial charge in [-0.2, -0.15) is 0 Å². The highest BCUT2D eigenvalue weighted by atomic mass is 16.5. The lowest BCUT2D eigenvalue weighted by Gasteiger charge is -2.05. The Balaban J connectivity index is 2.48. The second-order valence-corrected chi connectivity index (χ2v) is 2.47. The van der Waals surface area contributed by atoms with Crippen LogP contribution in [0.15, 0.2) is 18.3 Å². The van der Waals surface area contributed by atoms with E-state index in [9.17, 15) is 0 Å². The Bertz CT molecular complexity index is 236. The Morgan fingerprint density at radius 3 is 2.92 bits per heavy atom. The van der Waals surface area contributed by atoms with Crippen molar-refractivity contribution >= 4 is 5.69 Å². The molecule has 0 aromatic carbocycles. The molecule has 4 heteroatoms. The fourth-order valence-electron chi connectivity index (χ4n) is 0.918. The zero-order valence-corrected chi connectivity index (χ0v) is 7.66. The number of ether oxygens (including phenoxy) is 1. The van der Waals surface area contributed by atoms with Gasteiger partial charge >= 0.3 is 0 Å². The predicted octanol–water partition coefficient (Wildman–Crippen LogP) is 0.884. The van der Waals surface area contributed by atoms with Crippen molar-refractivity contribution in [1.29, 1.82) is 0 Å². The topological polar surface area (TPSA) is 54.4 Å². The van der Waals surface area contributed by atoms with E-state index in [2.05, 4.69) is 10.3 Å². The molecular formula is C9H14N2O2. The number of nitrogens with one attached hydrogen (secondary N) is 1. The first-order chi connectivity index (χ1) is 6.36. The van der Waals surface area contributed by atoms with Crippen molar-refractivity contribution in [2.75, 3.05) is 25.1 Å². The van der Waals surface area contributed by atoms with E-state index < -0.39 is 0 Å². The van der Waals surface area contributed by atoms with Crippen LogP contribution in [0.2, 0.25) is 0 Å². The lowest BCUT2D eigenvalue weighted by atomic mass is 10.4. The van der Waals surface area contributed by atoms with Crippen molar-refractivity contribution in [2.24, 2.45) is 0 Å². The monoisotopic (exact) mass is 182 g/mol. The first-order valence-corrected chi connectivity index (χ1v) is 4.30. The molecule has 0 unspecified atom stereocenters. The number of aromatic nitrogens is 1. The van der Waals surface area contributed by atoms with Gasteiger partial charge < -0.3 is 15.2 Å². The third kappa shape index (κ3) is 3.29. The highest BCUT2D eigenvalue weighted by molar-refractivity contribution is 5.41. The second kappa shape index (κ2) is 5.37. The number of hydrogen-bond acceptors (Lipinski definition) is 4. The van der Waals surface area contributed by atoms with Crippen molar-refractivity contribution in [2.45, 2.75) is 6.92 Å². The van der Waals surface area contributed by atoms with E-state index >= 15 is 0 Å². The summed E-state index contributed by atoms with van der Waals surface area (Å²) in [5, 5.41) is 11.6. The number of hydrogen-bond donors (Lipinski definition) is 2. The van der Waals surface area contributed by atoms with E-state index in [1.54, 1.807) is 12.3 Å². The molecule has 1 aromatic heterocycles. The SMILES string of the molecule is CCOc1ccc(NCCO)cn1. The van der Waals surface area contributed by atoms with E-state index in [0.717, 1.165) is 5.69 Å². The largest absolute Gasteiger partial charge is 0.478 e. The van der Waals surface area contributed by atoms with Gasteiger partial charge in [0.2, 0.25) is 5.88 Å². The molecule has 0 atom stereocenters. The molecule has 0 aliphatic heterocycles. The van der Waals surface area contributed by atoms with Gasteiger partial charge in [0, 0.05) is 12.6 Å². The molecule has 0 spiro atoms. The first kappa shape index (κ1) is 9.80. The summed E-state index contributed by atoms with van der Waals surface area (Å²) in [6.45, 7) is 3.19. The third-order valence-corrected chi connectivity index (χ3v) is 1.47. The maximum Gasteiger partial charge on any atom is 0.213 e. The van der Waals surface area contributed by atoms with Crippen molar-refractivity contribution in [1.82, 2.24) is 4.98 Å². The van der Waals surface area contributed by atoms with Gasteiger partial charge in [-0.05, 0) is 13.0 Å². The van der Waals surface area contributed by atoms with Crippen LogP contribution in [0.1, 0.15) is 6.92 Å². The number of anilines is 1. The van der Waals surface area contributed by atoms with Gasteiger partial charge in [0.25, 0.3) is 0 Å². The maximum atomic E-state index is 8.56. The molecule has 0 aliphatic carbocycles. The van der Waals surface area contributed by atoms with Crippen molar-refractivity contribution < 1.29 is 9.84 Å². The quantitative estimate of drug-likeness (QED) is 0.710. The fourth-order valence-corrected chi connectivity index (χ4v) is 0.918. The maximum absolute atomic E-state index is 8.56. The summed E-state index contributed by atoms with van der Waals surface area (Å²) in [5.41, 5.74) is 0.887. The number of rotatable bonds is 5. The van der Waals surface area contributed by atoms with Gasteiger partial charge in [0.1, 0.15) is 0 Å². The normalized spacial score (nSPS) is 9.69. The zero-order chi connectivity index (χ0) is 9.52. The number of aliphatic hydroxyl groups excluding tert-OH is 1. The average molecular weight is 182 g/mol. The molecule has 0 bridgehead atoms. The summed E-state index contributed by atoms with van der Waals surface area (Å²) >= 11 is 0. The van der Waals surface area contributed by atoms with E-state index in [1.807, 2.05) is 13.0 Å². The second-order valence-electron chi connectivity index (χ2n) is 2.47. The molecule has 0 radical (unpaired) electrons. The van der Waals surface area contributed by atoms with Crippen LogP contribution in [0, 0.1) is 0 Å². The molecule has 13 heavy (non-hydrogen) atoms. The van der Waals surface area contributed by atoms with E-state index in [1.165, 1.54) is 0 Å². The van der Waals surface area contributed by atoms with Crippen LogP contribution in [-0.2, 0) is 0 Å². The summed E-state index contributed by atoms with van der Waals surface area (Å²) in [6.07, 6.45) is 1.68. The van der Waals surface area contributed by atoms with Crippen molar-refractivity contribution in [3.63, 3.8) is 0 Å². The Morgan fingerprint density at radius 2 is 2.38 bits per heavy atom. The Hall–Kier alpha value is -1.29. The smallest absolute Gasteiger partial charge is 0.213 e. The third-order valence-electron chi connectivity index (χ3n) is 1.47. The molecule has 0 amide bonds. The van der Waals surface area contributed by atoms with Crippen molar-refractivity contribution in [3.8, 4) is 5.88 Å². The summed E-state index contributed by atoms with van der Waals surface area (Å²) in [4.78, 5) is 4.05. The molecule has 0 saturated heterocycles. The summed E-state index contributed by atoms with van der Waals surface area (Å²) < 4.78 is 5.18. The van der Waals surface area contributed by atoms with Gasteiger partial charge in [0.15, 0.2) is 0 Å². The Kier molecular flexibility index (Phi) is 4.05. The lowest BCUT2D eigenvalue weighted by Crippen LogP contribution is -2.05. The minimum absolute atomic E-state index is 0.118. The molecule has 1 heterocycles. The van der Waals surface area contributed by atoms with Gasteiger partial charge in [-0.25, -0.2) is 4.98 Å². The molecule has 1 rings (SSSR count). The van der Waals surface area contributed by atoms with Crippen LogP contribution in [0.25, 0.3) is 0 Å². The molecule has 2 N–H and O–H groups in total. The molecule has 72 valence electrons. The van der Waals surface area contributed by atoms with Crippen LogP contribution in [-0.4, -0.2) is 29.8 Å². The summed E-state index contributed by atoms with van der Waals surface area (Å²) in [7, 11) is 0. The van der Waals surface area contributed by atoms with Crippen LogP contribution in [0.3, 0.4) is 0 Å². The number of pyridine rings is 1.